The Hall–Kier alpha value is -0.120. The fraction of sp³-hybridized carbons (Fsp3) is 1.00. The van der Waals surface area contributed by atoms with Crippen molar-refractivity contribution in [2.24, 2.45) is 5.92 Å². The summed E-state index contributed by atoms with van der Waals surface area (Å²) in [6.45, 7) is 10.5. The minimum Gasteiger partial charge on any atom is -0.314 e. The van der Waals surface area contributed by atoms with Crippen molar-refractivity contribution in [1.82, 2.24) is 15.1 Å². The van der Waals surface area contributed by atoms with Gasteiger partial charge in [-0.3, -0.25) is 4.90 Å². The molecule has 96 valence electrons. The summed E-state index contributed by atoms with van der Waals surface area (Å²) < 4.78 is 0. The lowest BCUT2D eigenvalue weighted by Crippen LogP contribution is -2.39. The average molecular weight is 227 g/mol. The van der Waals surface area contributed by atoms with Gasteiger partial charge in [0, 0.05) is 38.8 Å². The first-order valence-corrected chi connectivity index (χ1v) is 6.69. The molecule has 0 aromatic rings. The monoisotopic (exact) mass is 227 g/mol. The van der Waals surface area contributed by atoms with Crippen molar-refractivity contribution >= 4 is 0 Å². The lowest BCUT2D eigenvalue weighted by Gasteiger charge is -2.26. The van der Waals surface area contributed by atoms with E-state index in [0.29, 0.717) is 6.04 Å². The van der Waals surface area contributed by atoms with E-state index in [0.717, 1.165) is 25.6 Å². The maximum atomic E-state index is 3.51. The van der Waals surface area contributed by atoms with Gasteiger partial charge in [0.2, 0.25) is 0 Å². The summed E-state index contributed by atoms with van der Waals surface area (Å²) in [5, 5.41) is 3.51. The van der Waals surface area contributed by atoms with Crippen LogP contribution in [0.15, 0.2) is 0 Å². The topological polar surface area (TPSA) is 18.5 Å². The Morgan fingerprint density at radius 2 is 1.75 bits per heavy atom. The summed E-state index contributed by atoms with van der Waals surface area (Å²) in [6.07, 6.45) is 2.91. The zero-order valence-electron chi connectivity index (χ0n) is 11.5. The molecule has 16 heavy (non-hydrogen) atoms. The Morgan fingerprint density at radius 1 is 1.12 bits per heavy atom. The molecule has 1 aliphatic rings. The highest BCUT2D eigenvalue weighted by Crippen LogP contribution is 2.30. The second-order valence-electron chi connectivity index (χ2n) is 5.59. The van der Waals surface area contributed by atoms with Crippen molar-refractivity contribution in [3.05, 3.63) is 0 Å². The molecule has 0 heterocycles. The minimum atomic E-state index is 0.691. The van der Waals surface area contributed by atoms with E-state index in [2.05, 4.69) is 43.1 Å². The lowest BCUT2D eigenvalue weighted by atomic mass is 10.2. The Labute approximate surface area is 101 Å². The van der Waals surface area contributed by atoms with Crippen LogP contribution in [0, 0.1) is 5.92 Å². The van der Waals surface area contributed by atoms with Crippen LogP contribution in [0.1, 0.15) is 26.7 Å². The molecular formula is C13H29N3. The van der Waals surface area contributed by atoms with Gasteiger partial charge in [-0.05, 0) is 46.7 Å². The van der Waals surface area contributed by atoms with Crippen LogP contribution in [0.2, 0.25) is 0 Å². The van der Waals surface area contributed by atoms with Crippen LogP contribution in [-0.2, 0) is 0 Å². The van der Waals surface area contributed by atoms with E-state index >= 15 is 0 Å². The molecule has 1 N–H and O–H groups in total. The SMILES string of the molecule is CC(C)N(CCNCCN(C)C)CC1CC1. The third kappa shape index (κ3) is 6.46. The van der Waals surface area contributed by atoms with Crippen LogP contribution >= 0.6 is 0 Å². The molecule has 1 fully saturated rings. The molecule has 0 aromatic carbocycles. The molecule has 0 amide bonds. The largest absolute Gasteiger partial charge is 0.314 e. The van der Waals surface area contributed by atoms with E-state index in [1.54, 1.807) is 0 Å². The summed E-state index contributed by atoms with van der Waals surface area (Å²) >= 11 is 0. The van der Waals surface area contributed by atoms with E-state index in [1.807, 2.05) is 0 Å². The molecule has 1 aliphatic carbocycles. The molecule has 0 unspecified atom stereocenters. The van der Waals surface area contributed by atoms with E-state index in [4.69, 9.17) is 0 Å². The average Bonchev–Trinajstić information content (AvgIpc) is 2.98. The van der Waals surface area contributed by atoms with Gasteiger partial charge in [-0.25, -0.2) is 0 Å². The number of nitrogens with one attached hydrogen (secondary N) is 1. The fourth-order valence-corrected chi connectivity index (χ4v) is 1.84. The molecule has 0 spiro atoms. The summed E-state index contributed by atoms with van der Waals surface area (Å²) in [7, 11) is 4.24. The molecule has 0 aliphatic heterocycles. The van der Waals surface area contributed by atoms with Crippen molar-refractivity contribution < 1.29 is 0 Å². The summed E-state index contributed by atoms with van der Waals surface area (Å²) in [6, 6.07) is 0.691. The highest BCUT2D eigenvalue weighted by Gasteiger charge is 2.24. The molecule has 0 atom stereocenters. The first-order chi connectivity index (χ1) is 7.59. The predicted molar refractivity (Wildman–Crippen MR) is 70.9 cm³/mol. The van der Waals surface area contributed by atoms with Crippen molar-refractivity contribution in [1.29, 1.82) is 0 Å². The highest BCUT2D eigenvalue weighted by atomic mass is 15.2. The van der Waals surface area contributed by atoms with Gasteiger partial charge in [0.15, 0.2) is 0 Å². The zero-order valence-corrected chi connectivity index (χ0v) is 11.5. The van der Waals surface area contributed by atoms with Gasteiger partial charge in [0.05, 0.1) is 0 Å². The first kappa shape index (κ1) is 13.9. The van der Waals surface area contributed by atoms with Crippen LogP contribution in [0.5, 0.6) is 0 Å². The van der Waals surface area contributed by atoms with Crippen LogP contribution < -0.4 is 5.32 Å². The van der Waals surface area contributed by atoms with Gasteiger partial charge in [0.1, 0.15) is 0 Å². The second kappa shape index (κ2) is 7.25. The number of likely N-dealkylation sites (N-methyl/N-ethyl adjacent to an activating group) is 1. The van der Waals surface area contributed by atoms with E-state index in [9.17, 15) is 0 Å². The molecular weight excluding hydrogens is 198 g/mol. The molecule has 0 saturated heterocycles. The van der Waals surface area contributed by atoms with Crippen molar-refractivity contribution in [3.63, 3.8) is 0 Å². The molecule has 1 saturated carbocycles. The summed E-state index contributed by atoms with van der Waals surface area (Å²) in [4.78, 5) is 4.83. The number of hydrogen-bond acceptors (Lipinski definition) is 3. The van der Waals surface area contributed by atoms with Crippen molar-refractivity contribution in [2.45, 2.75) is 32.7 Å². The molecule has 3 heteroatoms. The Morgan fingerprint density at radius 3 is 2.25 bits per heavy atom. The van der Waals surface area contributed by atoms with E-state index in [1.165, 1.54) is 25.9 Å². The van der Waals surface area contributed by atoms with E-state index in [-0.39, 0.29) is 0 Å². The second-order valence-corrected chi connectivity index (χ2v) is 5.59. The van der Waals surface area contributed by atoms with Gasteiger partial charge in [-0.1, -0.05) is 0 Å². The zero-order chi connectivity index (χ0) is 12.0. The molecule has 1 rings (SSSR count). The van der Waals surface area contributed by atoms with Crippen LogP contribution in [0.4, 0.5) is 0 Å². The van der Waals surface area contributed by atoms with Crippen LogP contribution in [-0.4, -0.2) is 62.7 Å². The van der Waals surface area contributed by atoms with Gasteiger partial charge >= 0.3 is 0 Å². The predicted octanol–water partition coefficient (Wildman–Crippen LogP) is 1.26. The molecule has 0 radical (unpaired) electrons. The minimum absolute atomic E-state index is 0.691. The Bertz CT molecular complexity index is 176. The third-order valence-electron chi connectivity index (χ3n) is 3.23. The maximum absolute atomic E-state index is 3.51. The van der Waals surface area contributed by atoms with Gasteiger partial charge in [-0.15, -0.1) is 0 Å². The molecule has 0 aromatic heterocycles. The standard InChI is InChI=1S/C13H29N3/c1-12(2)16(11-13-5-6-13)10-8-14-7-9-15(3)4/h12-14H,5-11H2,1-4H3. The highest BCUT2D eigenvalue weighted by molar-refractivity contribution is 4.79. The van der Waals surface area contributed by atoms with Gasteiger partial charge < -0.3 is 10.2 Å². The van der Waals surface area contributed by atoms with E-state index < -0.39 is 0 Å². The first-order valence-electron chi connectivity index (χ1n) is 6.69. The fourth-order valence-electron chi connectivity index (χ4n) is 1.84. The van der Waals surface area contributed by atoms with Gasteiger partial charge in [-0.2, -0.15) is 0 Å². The number of nitrogens with zero attached hydrogens (tertiary/aromatic N) is 2. The summed E-state index contributed by atoms with van der Waals surface area (Å²) in [5.74, 6) is 1.00. The summed E-state index contributed by atoms with van der Waals surface area (Å²) in [5.41, 5.74) is 0. The van der Waals surface area contributed by atoms with Crippen molar-refractivity contribution in [3.8, 4) is 0 Å². The van der Waals surface area contributed by atoms with Gasteiger partial charge in [0.25, 0.3) is 0 Å². The van der Waals surface area contributed by atoms with Crippen molar-refractivity contribution in [2.75, 3.05) is 46.8 Å². The van der Waals surface area contributed by atoms with Crippen LogP contribution in [0.3, 0.4) is 0 Å². The number of rotatable bonds is 9. The molecule has 3 nitrogen and oxygen atoms in total. The normalized spacial score (nSPS) is 16.7. The smallest absolute Gasteiger partial charge is 0.0110 e. The molecule has 0 bridgehead atoms. The lowest BCUT2D eigenvalue weighted by molar-refractivity contribution is 0.212. The number of hydrogen-bond donors (Lipinski definition) is 1. The quantitative estimate of drug-likeness (QED) is 0.598. The maximum Gasteiger partial charge on any atom is 0.0110 e. The third-order valence-corrected chi connectivity index (χ3v) is 3.23. The van der Waals surface area contributed by atoms with Crippen LogP contribution in [0.25, 0.3) is 0 Å². The Kier molecular flexibility index (Phi) is 6.32. The Balaban J connectivity index is 2.02.